The van der Waals surface area contributed by atoms with E-state index in [1.807, 2.05) is 0 Å². The zero-order valence-corrected chi connectivity index (χ0v) is 10.0. The minimum absolute atomic E-state index is 0.158. The Morgan fingerprint density at radius 3 is 2.94 bits per heavy atom. The Labute approximate surface area is 100 Å². The number of carbonyl (C=O) groups excluding carboxylic acids is 1. The van der Waals surface area contributed by atoms with Gasteiger partial charge in [-0.25, -0.2) is 15.2 Å². The van der Waals surface area contributed by atoms with Crippen LogP contribution in [0.15, 0.2) is 12.3 Å². The van der Waals surface area contributed by atoms with Crippen LogP contribution in [0.25, 0.3) is 0 Å². The maximum Gasteiger partial charge on any atom is 0.254 e. The number of anilines is 1. The van der Waals surface area contributed by atoms with E-state index in [0.29, 0.717) is 5.75 Å². The first-order valence-corrected chi connectivity index (χ1v) is 6.48. The number of nitrogens with zero attached hydrogens (tertiary/aromatic N) is 1. The van der Waals surface area contributed by atoms with Gasteiger partial charge in [0.2, 0.25) is 0 Å². The van der Waals surface area contributed by atoms with Crippen molar-refractivity contribution in [3.8, 4) is 0 Å². The van der Waals surface area contributed by atoms with Crippen LogP contribution in [-0.2, 0) is 10.8 Å². The zero-order valence-electron chi connectivity index (χ0n) is 9.20. The van der Waals surface area contributed by atoms with Gasteiger partial charge in [-0.05, 0) is 6.07 Å². The second kappa shape index (κ2) is 6.26. The Balaban J connectivity index is 2.72. The van der Waals surface area contributed by atoms with Crippen LogP contribution in [0.4, 0.5) is 10.2 Å². The van der Waals surface area contributed by atoms with Crippen molar-refractivity contribution >= 4 is 22.5 Å². The third-order valence-electron chi connectivity index (χ3n) is 1.95. The van der Waals surface area contributed by atoms with Crippen molar-refractivity contribution in [1.29, 1.82) is 0 Å². The molecule has 1 aromatic heterocycles. The summed E-state index contributed by atoms with van der Waals surface area (Å²) in [6.45, 7) is 0.217. The van der Waals surface area contributed by atoms with Gasteiger partial charge in [0.05, 0.1) is 5.56 Å². The minimum atomic E-state index is -1.00. The number of hydrogen-bond donors (Lipinski definition) is 3. The topological polar surface area (TPSA) is 97.1 Å². The lowest BCUT2D eigenvalue weighted by molar-refractivity contribution is 0.0952. The van der Waals surface area contributed by atoms with Crippen LogP contribution >= 0.6 is 0 Å². The Kier molecular flexibility index (Phi) is 4.98. The number of hydrazine groups is 1. The van der Waals surface area contributed by atoms with Crippen molar-refractivity contribution < 1.29 is 13.4 Å². The van der Waals surface area contributed by atoms with Crippen LogP contribution in [0.3, 0.4) is 0 Å². The number of nitrogens with two attached hydrogens (primary N) is 1. The van der Waals surface area contributed by atoms with Gasteiger partial charge in [0.25, 0.3) is 5.91 Å². The SMILES string of the molecule is CS(=O)CCNC(=O)c1ccnc(NN)c1F. The van der Waals surface area contributed by atoms with Crippen LogP contribution < -0.4 is 16.6 Å². The van der Waals surface area contributed by atoms with Crippen molar-refractivity contribution in [2.75, 3.05) is 24.0 Å². The monoisotopic (exact) mass is 260 g/mol. The van der Waals surface area contributed by atoms with Gasteiger partial charge in [-0.1, -0.05) is 0 Å². The van der Waals surface area contributed by atoms with Crippen LogP contribution in [0.2, 0.25) is 0 Å². The Bertz CT molecular complexity index is 441. The van der Waals surface area contributed by atoms with Crippen molar-refractivity contribution in [3.05, 3.63) is 23.6 Å². The van der Waals surface area contributed by atoms with Gasteiger partial charge in [-0.15, -0.1) is 0 Å². The molecule has 1 aromatic rings. The number of halogens is 1. The minimum Gasteiger partial charge on any atom is -0.351 e. The third-order valence-corrected chi connectivity index (χ3v) is 2.72. The highest BCUT2D eigenvalue weighted by atomic mass is 32.2. The highest BCUT2D eigenvalue weighted by molar-refractivity contribution is 7.84. The van der Waals surface area contributed by atoms with Crippen LogP contribution in [0.1, 0.15) is 10.4 Å². The molecule has 1 amide bonds. The van der Waals surface area contributed by atoms with Crippen molar-refractivity contribution in [1.82, 2.24) is 10.3 Å². The molecule has 6 nitrogen and oxygen atoms in total. The fourth-order valence-corrected chi connectivity index (χ4v) is 1.51. The average molecular weight is 260 g/mol. The number of rotatable bonds is 5. The molecule has 0 aliphatic heterocycles. The predicted molar refractivity (Wildman–Crippen MR) is 63.3 cm³/mol. The van der Waals surface area contributed by atoms with E-state index in [2.05, 4.69) is 15.7 Å². The molecule has 0 saturated carbocycles. The van der Waals surface area contributed by atoms with E-state index in [1.54, 1.807) is 0 Å². The molecule has 0 bridgehead atoms. The maximum absolute atomic E-state index is 13.6. The van der Waals surface area contributed by atoms with Gasteiger partial charge in [0, 0.05) is 35.5 Å². The molecule has 1 atom stereocenters. The third kappa shape index (κ3) is 3.75. The van der Waals surface area contributed by atoms with Gasteiger partial charge in [0.1, 0.15) is 0 Å². The van der Waals surface area contributed by atoms with Gasteiger partial charge in [0.15, 0.2) is 11.6 Å². The van der Waals surface area contributed by atoms with Crippen LogP contribution in [0.5, 0.6) is 0 Å². The largest absolute Gasteiger partial charge is 0.351 e. The van der Waals surface area contributed by atoms with Crippen LogP contribution in [-0.4, -0.2) is 33.7 Å². The molecule has 1 rings (SSSR count). The number of amides is 1. The van der Waals surface area contributed by atoms with Gasteiger partial charge >= 0.3 is 0 Å². The molecular formula is C9H13FN4O2S. The first-order chi connectivity index (χ1) is 8.06. The van der Waals surface area contributed by atoms with E-state index in [-0.39, 0.29) is 17.9 Å². The molecule has 0 fully saturated rings. The lowest BCUT2D eigenvalue weighted by atomic mass is 10.2. The van der Waals surface area contributed by atoms with Crippen molar-refractivity contribution in [3.63, 3.8) is 0 Å². The first kappa shape index (κ1) is 13.5. The maximum atomic E-state index is 13.6. The molecule has 1 heterocycles. The first-order valence-electron chi connectivity index (χ1n) is 4.75. The zero-order chi connectivity index (χ0) is 12.8. The van der Waals surface area contributed by atoms with Gasteiger partial charge in [-0.3, -0.25) is 9.00 Å². The summed E-state index contributed by atoms with van der Waals surface area (Å²) in [5.41, 5.74) is 1.89. The van der Waals surface area contributed by atoms with E-state index >= 15 is 0 Å². The number of nitrogen functional groups attached to an aromatic ring is 1. The molecule has 4 N–H and O–H groups in total. The number of carbonyl (C=O) groups is 1. The second-order valence-corrected chi connectivity index (χ2v) is 4.75. The van der Waals surface area contributed by atoms with E-state index in [0.717, 1.165) is 0 Å². The fourth-order valence-electron chi connectivity index (χ4n) is 1.12. The lowest BCUT2D eigenvalue weighted by Gasteiger charge is -2.07. The highest BCUT2D eigenvalue weighted by Crippen LogP contribution is 2.13. The summed E-state index contributed by atoms with van der Waals surface area (Å²) in [4.78, 5) is 15.2. The Morgan fingerprint density at radius 2 is 2.35 bits per heavy atom. The molecule has 0 aliphatic carbocycles. The fraction of sp³-hybridized carbons (Fsp3) is 0.333. The molecule has 0 aromatic carbocycles. The molecule has 0 aliphatic rings. The molecule has 8 heteroatoms. The van der Waals surface area contributed by atoms with Gasteiger partial charge in [-0.2, -0.15) is 0 Å². The quantitative estimate of drug-likeness (QED) is 0.495. The number of aromatic nitrogens is 1. The van der Waals surface area contributed by atoms with E-state index in [4.69, 9.17) is 5.84 Å². The lowest BCUT2D eigenvalue weighted by Crippen LogP contribution is -2.28. The molecule has 94 valence electrons. The molecule has 0 radical (unpaired) electrons. The Hall–Kier alpha value is -1.54. The van der Waals surface area contributed by atoms with Crippen molar-refractivity contribution in [2.24, 2.45) is 5.84 Å². The summed E-state index contributed by atoms with van der Waals surface area (Å²) in [6, 6.07) is 1.24. The highest BCUT2D eigenvalue weighted by Gasteiger charge is 2.15. The summed E-state index contributed by atoms with van der Waals surface area (Å²) >= 11 is 0. The summed E-state index contributed by atoms with van der Waals surface area (Å²) < 4.78 is 24.4. The smallest absolute Gasteiger partial charge is 0.254 e. The van der Waals surface area contributed by atoms with Crippen molar-refractivity contribution in [2.45, 2.75) is 0 Å². The van der Waals surface area contributed by atoms with Crippen LogP contribution in [0, 0.1) is 5.82 Å². The molecular weight excluding hydrogens is 247 g/mol. The van der Waals surface area contributed by atoms with E-state index in [1.165, 1.54) is 18.5 Å². The van der Waals surface area contributed by atoms with Gasteiger partial charge < -0.3 is 10.7 Å². The number of hydrogen-bond acceptors (Lipinski definition) is 5. The molecule has 1 unspecified atom stereocenters. The van der Waals surface area contributed by atoms with E-state index in [9.17, 15) is 13.4 Å². The normalized spacial score (nSPS) is 11.9. The summed E-state index contributed by atoms with van der Waals surface area (Å²) in [5.74, 6) is 3.75. The number of nitrogens with one attached hydrogen (secondary N) is 2. The Morgan fingerprint density at radius 1 is 1.65 bits per heavy atom. The summed E-state index contributed by atoms with van der Waals surface area (Å²) in [5, 5.41) is 2.45. The second-order valence-electron chi connectivity index (χ2n) is 3.20. The average Bonchev–Trinajstić information content (AvgIpc) is 2.28. The standard InChI is InChI=1S/C9H13FN4O2S/c1-17(16)5-4-13-9(15)6-2-3-12-8(14-11)7(6)10/h2-3H,4-5,11H2,1H3,(H,12,14)(H,13,15). The summed E-state index contributed by atoms with van der Waals surface area (Å²) in [7, 11) is -1.00. The van der Waals surface area contributed by atoms with E-state index < -0.39 is 22.5 Å². The summed E-state index contributed by atoms with van der Waals surface area (Å²) in [6.07, 6.45) is 2.79. The molecule has 0 saturated heterocycles. The number of pyridine rings is 1. The predicted octanol–water partition coefficient (Wildman–Crippen LogP) is -0.385. The molecule has 0 spiro atoms. The molecule has 17 heavy (non-hydrogen) atoms.